The maximum Gasteiger partial charge on any atom is 0.276 e. The van der Waals surface area contributed by atoms with E-state index in [1.54, 1.807) is 29.0 Å². The van der Waals surface area contributed by atoms with Crippen LogP contribution in [-0.4, -0.2) is 55.6 Å². The molecule has 0 bridgehead atoms. The maximum absolute atomic E-state index is 15.4. The van der Waals surface area contributed by atoms with Gasteiger partial charge >= 0.3 is 0 Å². The number of carbonyl (C=O) groups is 1. The van der Waals surface area contributed by atoms with Crippen LogP contribution in [0.25, 0.3) is 28.0 Å². The van der Waals surface area contributed by atoms with Crippen LogP contribution in [0.3, 0.4) is 0 Å². The molecular formula is C33H29Cl2F3N6O3. The number of pyridine rings is 3. The van der Waals surface area contributed by atoms with Crippen LogP contribution < -0.4 is 10.5 Å². The second kappa shape index (κ2) is 12.5. The summed E-state index contributed by atoms with van der Waals surface area (Å²) in [6, 6.07) is 4.27. The van der Waals surface area contributed by atoms with Crippen LogP contribution in [0.5, 0.6) is 5.75 Å². The topological polar surface area (TPSA) is 115 Å². The van der Waals surface area contributed by atoms with E-state index in [4.69, 9.17) is 23.2 Å². The van der Waals surface area contributed by atoms with Crippen molar-refractivity contribution in [1.82, 2.24) is 19.4 Å². The summed E-state index contributed by atoms with van der Waals surface area (Å²) >= 11 is 12.4. The monoisotopic (exact) mass is 684 g/mol. The third-order valence-electron chi connectivity index (χ3n) is 8.26. The van der Waals surface area contributed by atoms with Crippen LogP contribution in [-0.2, 0) is 4.79 Å². The molecule has 0 radical (unpaired) electrons. The summed E-state index contributed by atoms with van der Waals surface area (Å²) in [5.41, 5.74) is -1.09. The fraction of sp³-hybridized carbons (Fsp3) is 0.303. The molecule has 1 saturated heterocycles. The summed E-state index contributed by atoms with van der Waals surface area (Å²) in [6.07, 6.45) is 2.78. The highest BCUT2D eigenvalue weighted by atomic mass is 35.5. The number of amides is 1. The van der Waals surface area contributed by atoms with Gasteiger partial charge in [0.1, 0.15) is 22.3 Å². The number of hydrogen-bond acceptors (Lipinski definition) is 7. The summed E-state index contributed by atoms with van der Waals surface area (Å²) in [6.45, 7) is 13.1. The summed E-state index contributed by atoms with van der Waals surface area (Å²) < 4.78 is 45.5. The Bertz CT molecular complexity index is 2050. The molecule has 4 aromatic rings. The number of phenolic OH excluding ortho intramolecular Hbond substituents is 1. The summed E-state index contributed by atoms with van der Waals surface area (Å²) in [4.78, 5) is 39.5. The average Bonchev–Trinajstić information content (AvgIpc) is 3.02. The number of rotatable bonds is 5. The number of phenols is 1. The van der Waals surface area contributed by atoms with Gasteiger partial charge < -0.3 is 14.9 Å². The van der Waals surface area contributed by atoms with Crippen molar-refractivity contribution in [3.8, 4) is 28.8 Å². The number of piperazine rings is 1. The standard InChI is InChI=1S/C33H29Cl2F3N6O3/c1-7-21(45)43-16(5)12-42(13-17(43)6)30-18-10-20(34)28(22-24(36)23(35)25(37)26(38)31(22)46)41-32(18)44(33(47)19(30)11-39)29-15(4)8-9-40-27(29)14(2)3/h7-10,14,16-17,46H,1,12-13H2,2-6H3/t16-,17+. The van der Waals surface area contributed by atoms with E-state index < -0.39 is 45.0 Å². The Morgan fingerprint density at radius 3 is 2.36 bits per heavy atom. The quantitative estimate of drug-likeness (QED) is 0.140. The van der Waals surface area contributed by atoms with E-state index in [0.29, 0.717) is 16.9 Å². The van der Waals surface area contributed by atoms with E-state index in [1.807, 2.05) is 33.8 Å². The van der Waals surface area contributed by atoms with Crippen molar-refractivity contribution in [2.75, 3.05) is 18.0 Å². The third-order valence-corrected chi connectivity index (χ3v) is 8.88. The molecule has 4 heterocycles. The molecule has 244 valence electrons. The lowest BCUT2D eigenvalue weighted by atomic mass is 10.0. The van der Waals surface area contributed by atoms with Crippen molar-refractivity contribution in [2.45, 2.75) is 52.6 Å². The number of carbonyl (C=O) groups excluding carboxylic acids is 1. The number of nitriles is 1. The lowest BCUT2D eigenvalue weighted by Gasteiger charge is -2.45. The van der Waals surface area contributed by atoms with Crippen molar-refractivity contribution in [2.24, 2.45) is 0 Å². The molecule has 2 atom stereocenters. The summed E-state index contributed by atoms with van der Waals surface area (Å²) in [7, 11) is 0. The molecule has 3 aromatic heterocycles. The first-order chi connectivity index (χ1) is 22.2. The minimum atomic E-state index is -1.82. The van der Waals surface area contributed by atoms with Crippen LogP contribution in [0.15, 0.2) is 35.8 Å². The molecule has 1 aliphatic rings. The molecule has 0 saturated carbocycles. The predicted octanol–water partition coefficient (Wildman–Crippen LogP) is 6.79. The number of benzene rings is 1. The van der Waals surface area contributed by atoms with Gasteiger partial charge in [-0.05, 0) is 50.5 Å². The number of hydrogen-bond donors (Lipinski definition) is 1. The molecular weight excluding hydrogens is 656 g/mol. The second-order valence-electron chi connectivity index (χ2n) is 11.7. The fourth-order valence-electron chi connectivity index (χ4n) is 6.25. The molecule has 1 aliphatic heterocycles. The van der Waals surface area contributed by atoms with Gasteiger partial charge in [0, 0.05) is 36.8 Å². The molecule has 5 rings (SSSR count). The third kappa shape index (κ3) is 5.37. The Balaban J connectivity index is 1.95. The Kier molecular flexibility index (Phi) is 9.01. The highest BCUT2D eigenvalue weighted by Crippen LogP contribution is 2.44. The normalized spacial score (nSPS) is 16.6. The molecule has 1 N–H and O–H groups in total. The highest BCUT2D eigenvalue weighted by molar-refractivity contribution is 6.34. The first-order valence-corrected chi connectivity index (χ1v) is 15.3. The zero-order valence-electron chi connectivity index (χ0n) is 26.0. The highest BCUT2D eigenvalue weighted by Gasteiger charge is 2.36. The van der Waals surface area contributed by atoms with E-state index in [-0.39, 0.29) is 64.3 Å². The molecule has 0 aliphatic carbocycles. The van der Waals surface area contributed by atoms with Gasteiger partial charge in [-0.15, -0.1) is 0 Å². The molecule has 1 fully saturated rings. The first-order valence-electron chi connectivity index (χ1n) is 14.6. The summed E-state index contributed by atoms with van der Waals surface area (Å²) in [5.74, 6) is -7.06. The van der Waals surface area contributed by atoms with E-state index in [1.165, 1.54) is 12.1 Å². The Morgan fingerprint density at radius 2 is 1.79 bits per heavy atom. The van der Waals surface area contributed by atoms with Gasteiger partial charge in [0.25, 0.3) is 5.56 Å². The van der Waals surface area contributed by atoms with Gasteiger partial charge in [0.2, 0.25) is 11.7 Å². The van der Waals surface area contributed by atoms with Crippen molar-refractivity contribution < 1.29 is 23.1 Å². The van der Waals surface area contributed by atoms with Crippen LogP contribution in [0.4, 0.5) is 18.9 Å². The van der Waals surface area contributed by atoms with Crippen LogP contribution in [0.1, 0.15) is 50.4 Å². The van der Waals surface area contributed by atoms with Crippen LogP contribution in [0.2, 0.25) is 10.0 Å². The molecule has 0 unspecified atom stereocenters. The lowest BCUT2D eigenvalue weighted by molar-refractivity contribution is -0.130. The molecule has 9 nitrogen and oxygen atoms in total. The zero-order valence-corrected chi connectivity index (χ0v) is 27.5. The molecule has 0 spiro atoms. The SMILES string of the molecule is C=CC(=O)N1[C@H](C)CN(c2c(C#N)c(=O)n(-c3c(C)ccnc3C(C)C)c3nc(-c4c(O)c(F)c(F)c(Cl)c4F)c(Cl)cc23)C[C@@H]1C. The molecule has 14 heteroatoms. The summed E-state index contributed by atoms with van der Waals surface area (Å²) in [5, 5.41) is 19.6. The lowest BCUT2D eigenvalue weighted by Crippen LogP contribution is -2.58. The smallest absolute Gasteiger partial charge is 0.276 e. The second-order valence-corrected chi connectivity index (χ2v) is 12.5. The van der Waals surface area contributed by atoms with Gasteiger partial charge in [-0.2, -0.15) is 9.65 Å². The molecule has 1 aromatic carbocycles. The van der Waals surface area contributed by atoms with Crippen molar-refractivity contribution in [3.05, 3.63) is 85.7 Å². The predicted molar refractivity (Wildman–Crippen MR) is 174 cm³/mol. The van der Waals surface area contributed by atoms with E-state index in [0.717, 1.165) is 4.57 Å². The van der Waals surface area contributed by atoms with Gasteiger partial charge in [-0.25, -0.2) is 13.8 Å². The number of anilines is 1. The average molecular weight is 686 g/mol. The Labute approximate surface area is 278 Å². The zero-order chi connectivity index (χ0) is 34.6. The molecule has 1 amide bonds. The number of fused-ring (bicyclic) bond motifs is 1. The van der Waals surface area contributed by atoms with Gasteiger partial charge in [-0.1, -0.05) is 43.6 Å². The van der Waals surface area contributed by atoms with Crippen LogP contribution in [0, 0.1) is 35.7 Å². The van der Waals surface area contributed by atoms with Crippen molar-refractivity contribution >= 4 is 45.8 Å². The van der Waals surface area contributed by atoms with Gasteiger partial charge in [0.05, 0.1) is 33.3 Å². The van der Waals surface area contributed by atoms with Crippen LogP contribution >= 0.6 is 23.2 Å². The van der Waals surface area contributed by atoms with Gasteiger partial charge in [0.15, 0.2) is 17.4 Å². The number of aryl methyl sites for hydroxylation is 1. The number of nitrogens with zero attached hydrogens (tertiary/aromatic N) is 6. The van der Waals surface area contributed by atoms with E-state index in [9.17, 15) is 28.7 Å². The Hall–Kier alpha value is -4.60. The van der Waals surface area contributed by atoms with E-state index >= 15 is 4.39 Å². The Morgan fingerprint density at radius 1 is 1.15 bits per heavy atom. The van der Waals surface area contributed by atoms with Crippen molar-refractivity contribution in [3.63, 3.8) is 0 Å². The number of aromatic nitrogens is 3. The fourth-order valence-corrected chi connectivity index (χ4v) is 6.67. The first kappa shape index (κ1) is 33.8. The number of aromatic hydroxyl groups is 1. The van der Waals surface area contributed by atoms with E-state index in [2.05, 4.69) is 16.5 Å². The maximum atomic E-state index is 15.4. The minimum Gasteiger partial charge on any atom is -0.504 e. The number of halogens is 5. The van der Waals surface area contributed by atoms with Crippen molar-refractivity contribution in [1.29, 1.82) is 5.26 Å². The largest absolute Gasteiger partial charge is 0.504 e. The minimum absolute atomic E-state index is 0.133. The van der Waals surface area contributed by atoms with Gasteiger partial charge in [-0.3, -0.25) is 19.1 Å². The molecule has 47 heavy (non-hydrogen) atoms.